The number of alkyl halides is 1. The lowest BCUT2D eigenvalue weighted by molar-refractivity contribution is 0.191. The average Bonchev–Trinajstić information content (AvgIpc) is 2.95. The van der Waals surface area contributed by atoms with Crippen LogP contribution < -0.4 is 4.74 Å². The van der Waals surface area contributed by atoms with E-state index in [9.17, 15) is 17.9 Å². The van der Waals surface area contributed by atoms with Crippen molar-refractivity contribution >= 4 is 20.9 Å². The Morgan fingerprint density at radius 2 is 2.08 bits per heavy atom. The number of rotatable bonds is 4. The summed E-state index contributed by atoms with van der Waals surface area (Å²) in [6.07, 6.45) is 1.60. The number of aromatic nitrogens is 2. The van der Waals surface area contributed by atoms with Crippen LogP contribution in [0.2, 0.25) is 0 Å². The Morgan fingerprint density at radius 3 is 2.88 bits per heavy atom. The second kappa shape index (κ2) is 6.26. The number of aromatic hydroxyl groups is 1. The third kappa shape index (κ3) is 2.60. The first kappa shape index (κ1) is 16.8. The van der Waals surface area contributed by atoms with Gasteiger partial charge in [0.05, 0.1) is 28.0 Å². The summed E-state index contributed by atoms with van der Waals surface area (Å²) in [6.45, 7) is -0.419. The zero-order valence-corrected chi connectivity index (χ0v) is 14.5. The number of benzene rings is 1. The Bertz CT molecular complexity index is 1080. The molecule has 0 amide bonds. The van der Waals surface area contributed by atoms with Crippen LogP contribution in [0.25, 0.3) is 10.9 Å². The number of halogens is 1. The SMILES string of the molecule is O=S(=O)(c1cccc(OCF)c1)N1CCn2c(O)c3cccnc3c2C1. The largest absolute Gasteiger partial charge is 0.494 e. The minimum Gasteiger partial charge on any atom is -0.494 e. The number of hydrogen-bond acceptors (Lipinski definition) is 5. The normalized spacial score (nSPS) is 15.1. The lowest BCUT2D eigenvalue weighted by Gasteiger charge is -2.28. The zero-order valence-electron chi connectivity index (χ0n) is 13.7. The van der Waals surface area contributed by atoms with Crippen LogP contribution in [-0.4, -0.2) is 40.8 Å². The summed E-state index contributed by atoms with van der Waals surface area (Å²) >= 11 is 0. The molecular weight excluding hydrogens is 361 g/mol. The van der Waals surface area contributed by atoms with Crippen LogP contribution in [0, 0.1) is 0 Å². The molecule has 0 radical (unpaired) electrons. The molecule has 0 spiro atoms. The van der Waals surface area contributed by atoms with Gasteiger partial charge in [0.25, 0.3) is 0 Å². The number of pyridine rings is 1. The van der Waals surface area contributed by atoms with Crippen LogP contribution in [0.4, 0.5) is 4.39 Å². The van der Waals surface area contributed by atoms with Gasteiger partial charge in [0.2, 0.25) is 22.8 Å². The molecule has 0 aliphatic carbocycles. The molecule has 1 aromatic carbocycles. The highest BCUT2D eigenvalue weighted by Crippen LogP contribution is 2.34. The quantitative estimate of drug-likeness (QED) is 0.754. The molecule has 3 heterocycles. The van der Waals surface area contributed by atoms with E-state index in [4.69, 9.17) is 4.74 Å². The number of fused-ring (bicyclic) bond motifs is 3. The number of ether oxygens (including phenoxy) is 1. The Balaban J connectivity index is 1.72. The fourth-order valence-electron chi connectivity index (χ4n) is 3.22. The molecule has 7 nitrogen and oxygen atoms in total. The highest BCUT2D eigenvalue weighted by Gasteiger charge is 2.32. The van der Waals surface area contributed by atoms with Gasteiger partial charge in [-0.05, 0) is 24.3 Å². The minimum absolute atomic E-state index is 0.0324. The van der Waals surface area contributed by atoms with Crippen molar-refractivity contribution in [3.05, 3.63) is 48.3 Å². The molecule has 136 valence electrons. The molecule has 0 unspecified atom stereocenters. The van der Waals surface area contributed by atoms with Crippen molar-refractivity contribution in [1.82, 2.24) is 13.9 Å². The molecule has 3 aromatic rings. The van der Waals surface area contributed by atoms with Gasteiger partial charge >= 0.3 is 0 Å². The standard InChI is InChI=1S/C17H16FN3O4S/c18-11-25-12-3-1-4-13(9-12)26(23,24)20-7-8-21-15(10-20)16-14(17(21)22)5-2-6-19-16/h1-6,9,22H,7-8,10-11H2. The highest BCUT2D eigenvalue weighted by atomic mass is 32.2. The minimum atomic E-state index is -3.80. The molecule has 1 N–H and O–H groups in total. The lowest BCUT2D eigenvalue weighted by atomic mass is 10.2. The van der Waals surface area contributed by atoms with E-state index in [1.54, 1.807) is 22.9 Å². The summed E-state index contributed by atoms with van der Waals surface area (Å²) in [5, 5.41) is 10.9. The Kier molecular flexibility index (Phi) is 4.04. The van der Waals surface area contributed by atoms with E-state index in [1.807, 2.05) is 0 Å². The van der Waals surface area contributed by atoms with Crippen LogP contribution in [0.3, 0.4) is 0 Å². The molecule has 1 aliphatic heterocycles. The van der Waals surface area contributed by atoms with Crippen molar-refractivity contribution in [1.29, 1.82) is 0 Å². The van der Waals surface area contributed by atoms with Crippen molar-refractivity contribution in [2.45, 2.75) is 18.0 Å². The van der Waals surface area contributed by atoms with Crippen LogP contribution >= 0.6 is 0 Å². The van der Waals surface area contributed by atoms with E-state index >= 15 is 0 Å². The molecule has 0 fully saturated rings. The summed E-state index contributed by atoms with van der Waals surface area (Å²) < 4.78 is 46.1. The molecule has 0 atom stereocenters. The maximum absolute atomic E-state index is 13.0. The van der Waals surface area contributed by atoms with E-state index in [2.05, 4.69) is 4.98 Å². The van der Waals surface area contributed by atoms with Crippen LogP contribution in [-0.2, 0) is 23.1 Å². The Morgan fingerprint density at radius 1 is 1.23 bits per heavy atom. The van der Waals surface area contributed by atoms with Crippen molar-refractivity contribution < 1.29 is 22.7 Å². The predicted octanol–water partition coefficient (Wildman–Crippen LogP) is 2.25. The van der Waals surface area contributed by atoms with Crippen molar-refractivity contribution in [3.63, 3.8) is 0 Å². The summed E-state index contributed by atoms with van der Waals surface area (Å²) in [5.41, 5.74) is 1.23. The molecule has 4 rings (SSSR count). The van der Waals surface area contributed by atoms with E-state index < -0.39 is 16.9 Å². The maximum Gasteiger partial charge on any atom is 0.243 e. The van der Waals surface area contributed by atoms with Crippen LogP contribution in [0.1, 0.15) is 5.69 Å². The number of nitrogens with zero attached hydrogens (tertiary/aromatic N) is 3. The first-order valence-electron chi connectivity index (χ1n) is 7.96. The molecule has 26 heavy (non-hydrogen) atoms. The Labute approximate surface area is 149 Å². The first-order chi connectivity index (χ1) is 12.5. The van der Waals surface area contributed by atoms with Gasteiger partial charge in [-0.3, -0.25) is 4.98 Å². The molecule has 0 saturated heterocycles. The smallest absolute Gasteiger partial charge is 0.243 e. The lowest BCUT2D eigenvalue weighted by Crippen LogP contribution is -2.38. The first-order valence-corrected chi connectivity index (χ1v) is 9.40. The molecule has 0 saturated carbocycles. The molecule has 9 heteroatoms. The molecular formula is C17H16FN3O4S. The van der Waals surface area contributed by atoms with Crippen LogP contribution in [0.5, 0.6) is 11.6 Å². The highest BCUT2D eigenvalue weighted by molar-refractivity contribution is 7.89. The average molecular weight is 377 g/mol. The summed E-state index contributed by atoms with van der Waals surface area (Å²) in [4.78, 5) is 4.31. The zero-order chi connectivity index (χ0) is 18.3. The fourth-order valence-corrected chi connectivity index (χ4v) is 4.65. The van der Waals surface area contributed by atoms with Gasteiger partial charge in [-0.25, -0.2) is 12.8 Å². The van der Waals surface area contributed by atoms with Crippen LogP contribution in [0.15, 0.2) is 47.5 Å². The predicted molar refractivity (Wildman–Crippen MR) is 92.0 cm³/mol. The molecule has 1 aliphatic rings. The third-order valence-electron chi connectivity index (χ3n) is 4.47. The summed E-state index contributed by atoms with van der Waals surface area (Å²) in [6, 6.07) is 9.22. The van der Waals surface area contributed by atoms with E-state index in [-0.39, 0.29) is 29.6 Å². The van der Waals surface area contributed by atoms with Crippen molar-refractivity contribution in [2.24, 2.45) is 0 Å². The van der Waals surface area contributed by atoms with Gasteiger partial charge in [-0.2, -0.15) is 4.31 Å². The number of hydrogen-bond donors (Lipinski definition) is 1. The van der Waals surface area contributed by atoms with Gasteiger partial charge in [0, 0.05) is 25.4 Å². The van der Waals surface area contributed by atoms with Gasteiger partial charge in [0.15, 0.2) is 0 Å². The van der Waals surface area contributed by atoms with E-state index in [1.165, 1.54) is 28.6 Å². The topological polar surface area (TPSA) is 84.7 Å². The van der Waals surface area contributed by atoms with Gasteiger partial charge in [-0.15, -0.1) is 0 Å². The summed E-state index contributed by atoms with van der Waals surface area (Å²) in [7, 11) is -3.80. The van der Waals surface area contributed by atoms with Gasteiger partial charge in [-0.1, -0.05) is 6.07 Å². The third-order valence-corrected chi connectivity index (χ3v) is 6.31. The van der Waals surface area contributed by atoms with Crippen molar-refractivity contribution in [2.75, 3.05) is 13.4 Å². The number of sulfonamides is 1. The van der Waals surface area contributed by atoms with Gasteiger partial charge < -0.3 is 14.4 Å². The van der Waals surface area contributed by atoms with E-state index in [0.717, 1.165) is 0 Å². The summed E-state index contributed by atoms with van der Waals surface area (Å²) in [5.74, 6) is 0.247. The van der Waals surface area contributed by atoms with Crippen molar-refractivity contribution in [3.8, 4) is 11.6 Å². The maximum atomic E-state index is 13.0. The fraction of sp³-hybridized carbons (Fsp3) is 0.235. The monoisotopic (exact) mass is 377 g/mol. The molecule has 2 aromatic heterocycles. The van der Waals surface area contributed by atoms with E-state index in [0.29, 0.717) is 23.1 Å². The second-order valence-corrected chi connectivity index (χ2v) is 7.83. The second-order valence-electron chi connectivity index (χ2n) is 5.89. The van der Waals surface area contributed by atoms with Gasteiger partial charge in [0.1, 0.15) is 5.75 Å². The Hall–Kier alpha value is -2.65. The molecule has 0 bridgehead atoms.